The van der Waals surface area contributed by atoms with E-state index in [1.54, 1.807) is 23.1 Å². The summed E-state index contributed by atoms with van der Waals surface area (Å²) in [6, 6.07) is 7.03. The second-order valence-corrected chi connectivity index (χ2v) is 5.55. The molecule has 1 atom stereocenters. The van der Waals surface area contributed by atoms with E-state index in [9.17, 15) is 9.59 Å². The zero-order valence-electron chi connectivity index (χ0n) is 13.4. The maximum atomic E-state index is 12.3. The summed E-state index contributed by atoms with van der Waals surface area (Å²) in [5.41, 5.74) is 1.29. The standard InChI is InChI=1S/C17H25N3O2/c1-3-20(4-2)17(22)13-8-7-9-14(12-13)19-16(21)15-10-5-6-11-18-15/h7-9,12,15,18H,3-6,10-11H2,1-2H3,(H,19,21). The molecule has 0 radical (unpaired) electrons. The first kappa shape index (κ1) is 16.5. The first-order valence-corrected chi connectivity index (χ1v) is 8.09. The van der Waals surface area contributed by atoms with Crippen molar-refractivity contribution in [1.29, 1.82) is 0 Å². The maximum absolute atomic E-state index is 12.3. The lowest BCUT2D eigenvalue weighted by atomic mass is 10.0. The summed E-state index contributed by atoms with van der Waals surface area (Å²) < 4.78 is 0. The smallest absolute Gasteiger partial charge is 0.253 e. The molecule has 0 spiro atoms. The van der Waals surface area contributed by atoms with Crippen LogP contribution in [0.1, 0.15) is 43.5 Å². The fourth-order valence-electron chi connectivity index (χ4n) is 2.73. The Morgan fingerprint density at radius 1 is 1.27 bits per heavy atom. The third-order valence-electron chi connectivity index (χ3n) is 4.05. The molecule has 2 rings (SSSR count). The number of rotatable bonds is 5. The largest absolute Gasteiger partial charge is 0.339 e. The van der Waals surface area contributed by atoms with Crippen LogP contribution in [-0.4, -0.2) is 42.4 Å². The molecule has 1 aliphatic heterocycles. The van der Waals surface area contributed by atoms with Gasteiger partial charge in [-0.1, -0.05) is 12.5 Å². The van der Waals surface area contributed by atoms with Gasteiger partial charge in [0.25, 0.3) is 5.91 Å². The predicted molar refractivity (Wildman–Crippen MR) is 88.0 cm³/mol. The molecule has 120 valence electrons. The van der Waals surface area contributed by atoms with E-state index in [2.05, 4.69) is 10.6 Å². The van der Waals surface area contributed by atoms with E-state index in [4.69, 9.17) is 0 Å². The molecule has 1 fully saturated rings. The third kappa shape index (κ3) is 4.07. The minimum atomic E-state index is -0.129. The molecule has 2 amide bonds. The Bertz CT molecular complexity index is 520. The second kappa shape index (κ2) is 7.94. The monoisotopic (exact) mass is 303 g/mol. The molecule has 1 unspecified atom stereocenters. The summed E-state index contributed by atoms with van der Waals surface area (Å²) in [5, 5.41) is 6.14. The number of anilines is 1. The first-order chi connectivity index (χ1) is 10.7. The van der Waals surface area contributed by atoms with Crippen molar-refractivity contribution in [2.45, 2.75) is 39.2 Å². The van der Waals surface area contributed by atoms with Crippen molar-refractivity contribution in [3.8, 4) is 0 Å². The number of carbonyl (C=O) groups is 2. The summed E-state index contributed by atoms with van der Waals surface area (Å²) in [6.45, 7) is 6.16. The molecule has 1 saturated heterocycles. The number of benzene rings is 1. The zero-order valence-corrected chi connectivity index (χ0v) is 13.4. The fourth-order valence-corrected chi connectivity index (χ4v) is 2.73. The molecular formula is C17H25N3O2. The molecule has 5 nitrogen and oxygen atoms in total. The molecule has 2 N–H and O–H groups in total. The van der Waals surface area contributed by atoms with Gasteiger partial charge in [0.1, 0.15) is 0 Å². The lowest BCUT2D eigenvalue weighted by Crippen LogP contribution is -2.43. The van der Waals surface area contributed by atoms with Gasteiger partial charge in [-0.2, -0.15) is 0 Å². The van der Waals surface area contributed by atoms with Crippen molar-refractivity contribution in [1.82, 2.24) is 10.2 Å². The Morgan fingerprint density at radius 2 is 2.05 bits per heavy atom. The Kier molecular flexibility index (Phi) is 5.95. The highest BCUT2D eigenvalue weighted by atomic mass is 16.2. The molecule has 1 aromatic carbocycles. The molecule has 0 bridgehead atoms. The minimum absolute atomic E-state index is 0.00288. The van der Waals surface area contributed by atoms with Crippen molar-refractivity contribution in [3.05, 3.63) is 29.8 Å². The lowest BCUT2D eigenvalue weighted by Gasteiger charge is -2.23. The molecule has 0 aliphatic carbocycles. The van der Waals surface area contributed by atoms with Crippen molar-refractivity contribution in [3.63, 3.8) is 0 Å². The van der Waals surface area contributed by atoms with Gasteiger partial charge in [-0.05, 0) is 51.4 Å². The maximum Gasteiger partial charge on any atom is 0.253 e. The molecule has 22 heavy (non-hydrogen) atoms. The van der Waals surface area contributed by atoms with Crippen molar-refractivity contribution in [2.24, 2.45) is 0 Å². The first-order valence-electron chi connectivity index (χ1n) is 8.09. The average Bonchev–Trinajstić information content (AvgIpc) is 2.57. The summed E-state index contributed by atoms with van der Waals surface area (Å²) >= 11 is 0. The summed E-state index contributed by atoms with van der Waals surface area (Å²) in [4.78, 5) is 26.3. The van der Waals surface area contributed by atoms with Crippen LogP contribution in [-0.2, 0) is 4.79 Å². The molecule has 5 heteroatoms. The number of nitrogens with zero attached hydrogens (tertiary/aromatic N) is 1. The zero-order chi connectivity index (χ0) is 15.9. The van der Waals surface area contributed by atoms with Crippen LogP contribution < -0.4 is 10.6 Å². The van der Waals surface area contributed by atoms with Crippen LogP contribution in [0.3, 0.4) is 0 Å². The van der Waals surface area contributed by atoms with Gasteiger partial charge in [0.2, 0.25) is 5.91 Å². The minimum Gasteiger partial charge on any atom is -0.339 e. The van der Waals surface area contributed by atoms with E-state index in [0.29, 0.717) is 24.3 Å². The number of piperidine rings is 1. The van der Waals surface area contributed by atoms with Crippen LogP contribution in [0.4, 0.5) is 5.69 Å². The van der Waals surface area contributed by atoms with E-state index in [-0.39, 0.29) is 17.9 Å². The molecule has 1 aliphatic rings. The van der Waals surface area contributed by atoms with Gasteiger partial charge >= 0.3 is 0 Å². The summed E-state index contributed by atoms with van der Waals surface area (Å²) in [5.74, 6) is -0.0240. The van der Waals surface area contributed by atoms with Gasteiger partial charge in [0.05, 0.1) is 6.04 Å². The van der Waals surface area contributed by atoms with E-state index in [1.807, 2.05) is 19.9 Å². The second-order valence-electron chi connectivity index (χ2n) is 5.55. The van der Waals surface area contributed by atoms with Gasteiger partial charge < -0.3 is 15.5 Å². The van der Waals surface area contributed by atoms with Crippen LogP contribution in [0.2, 0.25) is 0 Å². The summed E-state index contributed by atoms with van der Waals surface area (Å²) in [6.07, 6.45) is 3.06. The third-order valence-corrected chi connectivity index (χ3v) is 4.05. The van der Waals surface area contributed by atoms with Gasteiger partial charge in [-0.3, -0.25) is 9.59 Å². The topological polar surface area (TPSA) is 61.4 Å². The van der Waals surface area contributed by atoms with Gasteiger partial charge in [0.15, 0.2) is 0 Å². The molecular weight excluding hydrogens is 278 g/mol. The predicted octanol–water partition coefficient (Wildman–Crippen LogP) is 2.25. The van der Waals surface area contributed by atoms with Gasteiger partial charge in [-0.25, -0.2) is 0 Å². The number of hydrogen-bond acceptors (Lipinski definition) is 3. The normalized spacial score (nSPS) is 17.8. The van der Waals surface area contributed by atoms with E-state index >= 15 is 0 Å². The van der Waals surface area contributed by atoms with Crippen LogP contribution in [0.25, 0.3) is 0 Å². The molecule has 0 aromatic heterocycles. The number of amides is 2. The van der Waals surface area contributed by atoms with Crippen LogP contribution in [0, 0.1) is 0 Å². The molecule has 1 heterocycles. The van der Waals surface area contributed by atoms with Crippen LogP contribution in [0.15, 0.2) is 24.3 Å². The highest BCUT2D eigenvalue weighted by molar-refractivity contribution is 5.98. The average molecular weight is 303 g/mol. The number of carbonyl (C=O) groups excluding carboxylic acids is 2. The highest BCUT2D eigenvalue weighted by Crippen LogP contribution is 2.15. The summed E-state index contributed by atoms with van der Waals surface area (Å²) in [7, 11) is 0. The fraction of sp³-hybridized carbons (Fsp3) is 0.529. The SMILES string of the molecule is CCN(CC)C(=O)c1cccc(NC(=O)C2CCCCN2)c1. The van der Waals surface area contributed by atoms with E-state index in [0.717, 1.165) is 25.8 Å². The molecule has 1 aromatic rings. The highest BCUT2D eigenvalue weighted by Gasteiger charge is 2.21. The van der Waals surface area contributed by atoms with Crippen LogP contribution >= 0.6 is 0 Å². The Labute approximate surface area is 132 Å². The van der Waals surface area contributed by atoms with E-state index in [1.165, 1.54) is 0 Å². The van der Waals surface area contributed by atoms with Crippen molar-refractivity contribution in [2.75, 3.05) is 25.0 Å². The number of nitrogens with one attached hydrogen (secondary N) is 2. The lowest BCUT2D eigenvalue weighted by molar-refractivity contribution is -0.118. The molecule has 0 saturated carbocycles. The van der Waals surface area contributed by atoms with Crippen molar-refractivity contribution < 1.29 is 9.59 Å². The van der Waals surface area contributed by atoms with Gasteiger partial charge in [0, 0.05) is 24.3 Å². The van der Waals surface area contributed by atoms with Crippen molar-refractivity contribution >= 4 is 17.5 Å². The Hall–Kier alpha value is -1.88. The Morgan fingerprint density at radius 3 is 2.68 bits per heavy atom. The quantitative estimate of drug-likeness (QED) is 0.877. The number of hydrogen-bond donors (Lipinski definition) is 2. The van der Waals surface area contributed by atoms with E-state index < -0.39 is 0 Å². The van der Waals surface area contributed by atoms with Gasteiger partial charge in [-0.15, -0.1) is 0 Å². The Balaban J connectivity index is 2.04. The van der Waals surface area contributed by atoms with Crippen LogP contribution in [0.5, 0.6) is 0 Å².